The average molecular weight is 686 g/mol. The number of ether oxygens (including phenoxy) is 1. The first-order valence-corrected chi connectivity index (χ1v) is 16.1. The van der Waals surface area contributed by atoms with Gasteiger partial charge in [-0.1, -0.05) is 31.0 Å². The highest BCUT2D eigenvalue weighted by atomic mass is 79.9. The largest absolute Gasteiger partial charge is 0.453 e. The van der Waals surface area contributed by atoms with E-state index < -0.39 is 11.9 Å². The van der Waals surface area contributed by atoms with E-state index in [0.29, 0.717) is 35.2 Å². The number of anilines is 2. The van der Waals surface area contributed by atoms with E-state index in [1.807, 2.05) is 13.0 Å². The van der Waals surface area contributed by atoms with E-state index in [1.165, 1.54) is 13.2 Å². The number of methoxy groups -OCH3 is 1. The maximum absolute atomic E-state index is 14.7. The lowest BCUT2D eigenvalue weighted by molar-refractivity contribution is -0.119. The minimum absolute atomic E-state index is 0.0512. The van der Waals surface area contributed by atoms with Crippen LogP contribution < -0.4 is 16.0 Å². The summed E-state index contributed by atoms with van der Waals surface area (Å²) in [6.45, 7) is 2.21. The zero-order valence-corrected chi connectivity index (χ0v) is 27.0. The van der Waals surface area contributed by atoms with Crippen molar-refractivity contribution in [2.45, 2.75) is 64.3 Å². The van der Waals surface area contributed by atoms with Gasteiger partial charge in [-0.25, -0.2) is 9.18 Å². The van der Waals surface area contributed by atoms with E-state index in [0.717, 1.165) is 60.2 Å². The molecule has 0 saturated heterocycles. The standard InChI is InChI=1S/C33H35BrClFN4O4/c1-18-6-5-9-26(37-15-14-29(41)30-23(34)12-13-24(35)31(30)36)28-17-22(20-7-3-4-8-25(20)39-28)21-11-10-19(38-33(43)44-2)16-27(21)40-32(18)42/h10-13,16-18,26,37H,3-9,14-15H2,1-2H3,(H,38,43)(H,40,42). The summed E-state index contributed by atoms with van der Waals surface area (Å²) in [5, 5.41) is 9.22. The molecule has 3 aromatic rings. The van der Waals surface area contributed by atoms with Gasteiger partial charge in [-0.3, -0.25) is 19.9 Å². The van der Waals surface area contributed by atoms with Gasteiger partial charge in [-0.15, -0.1) is 0 Å². The summed E-state index contributed by atoms with van der Waals surface area (Å²) < 4.78 is 19.8. The number of nitrogens with one attached hydrogen (secondary N) is 3. The third-order valence-electron chi connectivity index (χ3n) is 8.32. The van der Waals surface area contributed by atoms with Crippen LogP contribution in [0.5, 0.6) is 0 Å². The molecule has 0 saturated carbocycles. The monoisotopic (exact) mass is 684 g/mol. The van der Waals surface area contributed by atoms with E-state index >= 15 is 0 Å². The topological polar surface area (TPSA) is 109 Å². The summed E-state index contributed by atoms with van der Waals surface area (Å²) in [5.74, 6) is -1.44. The van der Waals surface area contributed by atoms with Crippen LogP contribution in [0, 0.1) is 11.7 Å². The molecule has 11 heteroatoms. The number of carbonyl (C=O) groups is 3. The SMILES string of the molecule is COC(=O)Nc1ccc2c(c1)NC(=O)C(C)CCCC(NCCC(=O)c1c(Br)ccc(Cl)c1F)c1cc-2c2c(n1)CCCC2. The highest BCUT2D eigenvalue weighted by molar-refractivity contribution is 9.10. The average Bonchev–Trinajstić information content (AvgIpc) is 3.01. The Morgan fingerprint density at radius 2 is 1.91 bits per heavy atom. The molecule has 0 radical (unpaired) electrons. The lowest BCUT2D eigenvalue weighted by Crippen LogP contribution is -2.27. The van der Waals surface area contributed by atoms with E-state index in [9.17, 15) is 18.8 Å². The number of rotatable bonds is 6. The van der Waals surface area contributed by atoms with E-state index in [4.69, 9.17) is 21.3 Å². The lowest BCUT2D eigenvalue weighted by atomic mass is 9.86. The third kappa shape index (κ3) is 7.14. The van der Waals surface area contributed by atoms with Crippen LogP contribution in [-0.2, 0) is 22.4 Å². The molecule has 2 atom stereocenters. The van der Waals surface area contributed by atoms with Gasteiger partial charge in [0.2, 0.25) is 5.91 Å². The molecule has 8 nitrogen and oxygen atoms in total. The van der Waals surface area contributed by atoms with E-state index in [1.54, 1.807) is 18.2 Å². The van der Waals surface area contributed by atoms with Crippen molar-refractivity contribution in [1.29, 1.82) is 0 Å². The second kappa shape index (κ2) is 14.2. The molecule has 0 fully saturated rings. The highest BCUT2D eigenvalue weighted by Crippen LogP contribution is 2.39. The Kier molecular flexibility index (Phi) is 10.3. The number of aryl methyl sites for hydroxylation is 1. The third-order valence-corrected chi connectivity index (χ3v) is 9.27. The number of carbonyl (C=O) groups excluding carboxylic acids is 3. The van der Waals surface area contributed by atoms with E-state index in [2.05, 4.69) is 37.9 Å². The number of nitrogens with zero attached hydrogens (tertiary/aromatic N) is 1. The molecule has 0 spiro atoms. The van der Waals surface area contributed by atoms with Crippen molar-refractivity contribution in [2.24, 2.45) is 5.92 Å². The number of hydrogen-bond acceptors (Lipinski definition) is 6. The maximum Gasteiger partial charge on any atom is 0.411 e. The zero-order valence-electron chi connectivity index (χ0n) is 24.7. The van der Waals surface area contributed by atoms with Crippen LogP contribution in [0.25, 0.3) is 11.1 Å². The highest BCUT2D eigenvalue weighted by Gasteiger charge is 2.26. The summed E-state index contributed by atoms with van der Waals surface area (Å²) >= 11 is 9.22. The molecule has 232 valence electrons. The van der Waals surface area contributed by atoms with Crippen LogP contribution in [0.4, 0.5) is 20.6 Å². The zero-order chi connectivity index (χ0) is 31.4. The number of amides is 2. The van der Waals surface area contributed by atoms with Gasteiger partial charge in [0, 0.05) is 46.3 Å². The Morgan fingerprint density at radius 3 is 2.70 bits per heavy atom. The van der Waals surface area contributed by atoms with Gasteiger partial charge in [0.25, 0.3) is 0 Å². The first-order valence-electron chi connectivity index (χ1n) is 14.9. The van der Waals surface area contributed by atoms with Gasteiger partial charge >= 0.3 is 6.09 Å². The number of Topliss-reactive ketones (excluding diaryl/α,β-unsaturated/α-hetero) is 1. The quantitative estimate of drug-likeness (QED) is 0.179. The van der Waals surface area contributed by atoms with Crippen molar-refractivity contribution in [1.82, 2.24) is 10.3 Å². The first-order chi connectivity index (χ1) is 21.2. The molecule has 44 heavy (non-hydrogen) atoms. The Labute approximate surface area is 269 Å². The number of ketones is 1. The fourth-order valence-electron chi connectivity index (χ4n) is 5.91. The Morgan fingerprint density at radius 1 is 1.11 bits per heavy atom. The van der Waals surface area contributed by atoms with Crippen LogP contribution in [0.1, 0.15) is 78.8 Å². The van der Waals surface area contributed by atoms with Gasteiger partial charge < -0.3 is 15.4 Å². The molecule has 2 bridgehead atoms. The van der Waals surface area contributed by atoms with Crippen LogP contribution in [0.2, 0.25) is 5.02 Å². The van der Waals surface area contributed by atoms with Gasteiger partial charge in [0.05, 0.1) is 29.1 Å². The van der Waals surface area contributed by atoms with E-state index in [-0.39, 0.29) is 40.7 Å². The van der Waals surface area contributed by atoms with Crippen molar-refractivity contribution in [3.63, 3.8) is 0 Å². The molecule has 1 aliphatic carbocycles. The number of aromatic nitrogens is 1. The smallest absolute Gasteiger partial charge is 0.411 e. The number of hydrogen-bond donors (Lipinski definition) is 3. The van der Waals surface area contributed by atoms with Crippen molar-refractivity contribution in [3.05, 3.63) is 74.2 Å². The lowest BCUT2D eigenvalue weighted by Gasteiger charge is -2.27. The molecule has 5 rings (SSSR count). The number of pyridine rings is 1. The second-order valence-corrected chi connectivity index (χ2v) is 12.6. The summed E-state index contributed by atoms with van der Waals surface area (Å²) in [5.41, 5.74) is 5.95. The molecule has 1 aliphatic heterocycles. The number of benzene rings is 2. The molecular formula is C33H35BrClFN4O4. The van der Waals surface area contributed by atoms with Gasteiger partial charge in [-0.05, 0) is 95.9 Å². The van der Waals surface area contributed by atoms with Crippen molar-refractivity contribution in [3.8, 4) is 11.1 Å². The Balaban J connectivity index is 1.51. The molecule has 2 unspecified atom stereocenters. The fraction of sp³-hybridized carbons (Fsp3) is 0.394. The van der Waals surface area contributed by atoms with Crippen LogP contribution in [-0.4, -0.2) is 36.4 Å². The Hall–Kier alpha value is -3.34. The van der Waals surface area contributed by atoms with Crippen molar-refractivity contribution >= 4 is 56.7 Å². The predicted molar refractivity (Wildman–Crippen MR) is 173 cm³/mol. The predicted octanol–water partition coefficient (Wildman–Crippen LogP) is 8.02. The molecule has 3 N–H and O–H groups in total. The first kappa shape index (κ1) is 32.1. The summed E-state index contributed by atoms with van der Waals surface area (Å²) in [4.78, 5) is 43.4. The molecule has 2 aromatic carbocycles. The fourth-order valence-corrected chi connectivity index (χ4v) is 6.60. The maximum atomic E-state index is 14.7. The minimum Gasteiger partial charge on any atom is -0.453 e. The van der Waals surface area contributed by atoms with Crippen molar-refractivity contribution in [2.75, 3.05) is 24.3 Å². The molecule has 1 aromatic heterocycles. The van der Waals surface area contributed by atoms with Gasteiger partial charge in [0.1, 0.15) is 0 Å². The van der Waals surface area contributed by atoms with Crippen LogP contribution in [0.15, 0.2) is 40.9 Å². The van der Waals surface area contributed by atoms with Crippen molar-refractivity contribution < 1.29 is 23.5 Å². The number of fused-ring (bicyclic) bond motifs is 6. The normalized spacial score (nSPS) is 18.2. The summed E-state index contributed by atoms with van der Waals surface area (Å²) in [7, 11) is 1.30. The molecule has 2 aliphatic rings. The molecular weight excluding hydrogens is 651 g/mol. The minimum atomic E-state index is -0.728. The van der Waals surface area contributed by atoms with Gasteiger partial charge in [-0.2, -0.15) is 0 Å². The summed E-state index contributed by atoms with van der Waals surface area (Å²) in [6, 6.07) is 10.3. The van der Waals surface area contributed by atoms with Gasteiger partial charge in [0.15, 0.2) is 11.6 Å². The Bertz CT molecular complexity index is 1600. The van der Waals surface area contributed by atoms with Crippen LogP contribution >= 0.6 is 27.5 Å². The molecule has 2 amide bonds. The number of halogens is 3. The molecule has 2 heterocycles. The summed E-state index contributed by atoms with van der Waals surface area (Å²) in [6.07, 6.45) is 5.39. The van der Waals surface area contributed by atoms with Crippen LogP contribution in [0.3, 0.4) is 0 Å². The second-order valence-electron chi connectivity index (χ2n) is 11.3.